The third kappa shape index (κ3) is 3.37. The topological polar surface area (TPSA) is 27.1 Å². The van der Waals surface area contributed by atoms with Gasteiger partial charge in [0.05, 0.1) is 6.54 Å². The van der Waals surface area contributed by atoms with E-state index in [1.165, 1.54) is 11.1 Å². The molecule has 0 unspecified atom stereocenters. The number of hydrogen-bond acceptors (Lipinski definition) is 2. The first-order valence-corrected chi connectivity index (χ1v) is 6.79. The average Bonchev–Trinajstić information content (AvgIpc) is 2.77. The number of rotatable bonds is 5. The van der Waals surface area contributed by atoms with Crippen molar-refractivity contribution in [1.29, 1.82) is 0 Å². The van der Waals surface area contributed by atoms with E-state index in [1.54, 1.807) is 0 Å². The summed E-state index contributed by atoms with van der Waals surface area (Å²) in [6, 6.07) is 6.46. The Kier molecular flexibility index (Phi) is 4.25. The summed E-state index contributed by atoms with van der Waals surface area (Å²) < 4.78 is 8.01. The van der Waals surface area contributed by atoms with Crippen LogP contribution >= 0.6 is 0 Å². The van der Waals surface area contributed by atoms with Gasteiger partial charge in [0.15, 0.2) is 0 Å². The molecule has 0 aliphatic heterocycles. The first-order valence-electron chi connectivity index (χ1n) is 6.79. The van der Waals surface area contributed by atoms with Crippen LogP contribution in [0.3, 0.4) is 0 Å². The molecule has 0 fully saturated rings. The number of hydrogen-bond donors (Lipinski definition) is 0. The van der Waals surface area contributed by atoms with E-state index in [0.717, 1.165) is 18.1 Å². The molecule has 0 amide bonds. The van der Waals surface area contributed by atoms with E-state index in [1.807, 2.05) is 19.3 Å². The van der Waals surface area contributed by atoms with Gasteiger partial charge >= 0.3 is 0 Å². The van der Waals surface area contributed by atoms with Crippen molar-refractivity contribution < 1.29 is 4.74 Å². The zero-order valence-corrected chi connectivity index (χ0v) is 12.2. The Morgan fingerprint density at radius 3 is 2.68 bits per heavy atom. The summed E-state index contributed by atoms with van der Waals surface area (Å²) in [5, 5.41) is 0. The molecule has 1 aromatic heterocycles. The van der Waals surface area contributed by atoms with Gasteiger partial charge in [-0.15, -0.1) is 0 Å². The minimum absolute atomic E-state index is 0.527. The molecule has 0 saturated carbocycles. The van der Waals surface area contributed by atoms with Crippen LogP contribution in [0.4, 0.5) is 0 Å². The van der Waals surface area contributed by atoms with Crippen LogP contribution in [0.2, 0.25) is 0 Å². The Balaban J connectivity index is 1.99. The zero-order valence-electron chi connectivity index (χ0n) is 12.2. The Labute approximate surface area is 115 Å². The molecule has 0 aliphatic rings. The quantitative estimate of drug-likeness (QED) is 0.817. The molecule has 0 aliphatic carbocycles. The number of aryl methyl sites for hydroxylation is 2. The van der Waals surface area contributed by atoms with E-state index < -0.39 is 0 Å². The average molecular weight is 258 g/mol. The van der Waals surface area contributed by atoms with Crippen LogP contribution in [-0.4, -0.2) is 16.2 Å². The monoisotopic (exact) mass is 258 g/mol. The lowest BCUT2D eigenvalue weighted by Gasteiger charge is -2.13. The van der Waals surface area contributed by atoms with Gasteiger partial charge in [-0.3, -0.25) is 0 Å². The van der Waals surface area contributed by atoms with E-state index in [4.69, 9.17) is 4.74 Å². The van der Waals surface area contributed by atoms with Crippen molar-refractivity contribution in [3.05, 3.63) is 47.5 Å². The van der Waals surface area contributed by atoms with Crippen molar-refractivity contribution in [2.45, 2.75) is 40.2 Å². The summed E-state index contributed by atoms with van der Waals surface area (Å²) in [7, 11) is 0. The normalized spacial score (nSPS) is 11.0. The first kappa shape index (κ1) is 13.7. The van der Waals surface area contributed by atoms with Crippen LogP contribution in [-0.2, 0) is 6.54 Å². The number of benzene rings is 1. The van der Waals surface area contributed by atoms with Crippen LogP contribution < -0.4 is 4.74 Å². The molecule has 0 radical (unpaired) electrons. The van der Waals surface area contributed by atoms with Gasteiger partial charge in [-0.1, -0.05) is 26.0 Å². The van der Waals surface area contributed by atoms with E-state index in [2.05, 4.69) is 48.5 Å². The molecule has 0 atom stereocenters. The highest BCUT2D eigenvalue weighted by molar-refractivity contribution is 5.37. The van der Waals surface area contributed by atoms with E-state index in [-0.39, 0.29) is 0 Å². The lowest BCUT2D eigenvalue weighted by molar-refractivity contribution is 0.295. The minimum atomic E-state index is 0.527. The maximum absolute atomic E-state index is 5.91. The van der Waals surface area contributed by atoms with Crippen molar-refractivity contribution in [3.63, 3.8) is 0 Å². The van der Waals surface area contributed by atoms with Gasteiger partial charge in [0, 0.05) is 12.4 Å². The minimum Gasteiger partial charge on any atom is -0.491 e. The molecule has 19 heavy (non-hydrogen) atoms. The predicted molar refractivity (Wildman–Crippen MR) is 77.7 cm³/mol. The highest BCUT2D eigenvalue weighted by Gasteiger charge is 2.05. The van der Waals surface area contributed by atoms with Crippen LogP contribution in [0.25, 0.3) is 0 Å². The maximum Gasteiger partial charge on any atom is 0.122 e. The van der Waals surface area contributed by atoms with Gasteiger partial charge in [-0.05, 0) is 37.0 Å². The van der Waals surface area contributed by atoms with Crippen LogP contribution in [0.15, 0.2) is 30.6 Å². The van der Waals surface area contributed by atoms with Gasteiger partial charge in [-0.25, -0.2) is 4.98 Å². The third-order valence-electron chi connectivity index (χ3n) is 3.39. The van der Waals surface area contributed by atoms with Crippen LogP contribution in [0.1, 0.15) is 36.7 Å². The fourth-order valence-electron chi connectivity index (χ4n) is 2.03. The molecule has 0 saturated heterocycles. The van der Waals surface area contributed by atoms with Crippen LogP contribution in [0, 0.1) is 13.8 Å². The molecule has 1 heterocycles. The molecule has 0 bridgehead atoms. The second-order valence-electron chi connectivity index (χ2n) is 5.20. The summed E-state index contributed by atoms with van der Waals surface area (Å²) in [4.78, 5) is 4.20. The Morgan fingerprint density at radius 1 is 1.26 bits per heavy atom. The Hall–Kier alpha value is -1.77. The highest BCUT2D eigenvalue weighted by Crippen LogP contribution is 2.24. The van der Waals surface area contributed by atoms with E-state index >= 15 is 0 Å². The van der Waals surface area contributed by atoms with Crippen molar-refractivity contribution in [3.8, 4) is 5.75 Å². The van der Waals surface area contributed by atoms with E-state index in [9.17, 15) is 0 Å². The van der Waals surface area contributed by atoms with Crippen LogP contribution in [0.5, 0.6) is 5.75 Å². The van der Waals surface area contributed by atoms with Crippen molar-refractivity contribution in [2.24, 2.45) is 0 Å². The third-order valence-corrected chi connectivity index (χ3v) is 3.39. The molecular formula is C16H22N2O. The molecular weight excluding hydrogens is 236 g/mol. The number of nitrogens with zero attached hydrogens (tertiary/aromatic N) is 2. The SMILES string of the molecule is Cc1ccc(C(C)C)cc1OCCn1ccnc1C. The molecule has 102 valence electrons. The summed E-state index contributed by atoms with van der Waals surface area (Å²) in [6.45, 7) is 9.98. The molecule has 1 aromatic carbocycles. The van der Waals surface area contributed by atoms with Crippen molar-refractivity contribution in [1.82, 2.24) is 9.55 Å². The van der Waals surface area contributed by atoms with Gasteiger partial charge in [0.25, 0.3) is 0 Å². The molecule has 0 spiro atoms. The summed E-state index contributed by atoms with van der Waals surface area (Å²) in [6.07, 6.45) is 3.80. The Bertz CT molecular complexity index is 543. The smallest absolute Gasteiger partial charge is 0.122 e. The highest BCUT2D eigenvalue weighted by atomic mass is 16.5. The van der Waals surface area contributed by atoms with Crippen molar-refractivity contribution in [2.75, 3.05) is 6.61 Å². The zero-order chi connectivity index (χ0) is 13.8. The largest absolute Gasteiger partial charge is 0.491 e. The lowest BCUT2D eigenvalue weighted by atomic mass is 10.0. The first-order chi connectivity index (χ1) is 9.08. The van der Waals surface area contributed by atoms with Crippen molar-refractivity contribution >= 4 is 0 Å². The number of aromatic nitrogens is 2. The fraction of sp³-hybridized carbons (Fsp3) is 0.438. The van der Waals surface area contributed by atoms with E-state index in [0.29, 0.717) is 12.5 Å². The molecule has 3 heteroatoms. The number of ether oxygens (including phenoxy) is 1. The van der Waals surface area contributed by atoms with Gasteiger partial charge in [-0.2, -0.15) is 0 Å². The standard InChI is InChI=1S/C16H22N2O/c1-12(2)15-6-5-13(3)16(11-15)19-10-9-18-8-7-17-14(18)4/h5-8,11-12H,9-10H2,1-4H3. The number of imidazole rings is 1. The summed E-state index contributed by atoms with van der Waals surface area (Å²) in [5.41, 5.74) is 2.51. The van der Waals surface area contributed by atoms with Gasteiger partial charge < -0.3 is 9.30 Å². The summed E-state index contributed by atoms with van der Waals surface area (Å²) >= 11 is 0. The fourth-order valence-corrected chi connectivity index (χ4v) is 2.03. The summed E-state index contributed by atoms with van der Waals surface area (Å²) in [5.74, 6) is 2.54. The predicted octanol–water partition coefficient (Wildman–Crippen LogP) is 3.70. The van der Waals surface area contributed by atoms with Gasteiger partial charge in [0.1, 0.15) is 18.2 Å². The molecule has 3 nitrogen and oxygen atoms in total. The molecule has 2 aromatic rings. The Morgan fingerprint density at radius 2 is 2.05 bits per heavy atom. The lowest BCUT2D eigenvalue weighted by Crippen LogP contribution is -2.09. The molecule has 0 N–H and O–H groups in total. The second kappa shape index (κ2) is 5.91. The molecule has 2 rings (SSSR count). The van der Waals surface area contributed by atoms with Gasteiger partial charge in [0.2, 0.25) is 0 Å². The second-order valence-corrected chi connectivity index (χ2v) is 5.20. The maximum atomic E-state index is 5.91.